The second-order valence-electron chi connectivity index (χ2n) is 9.13. The van der Waals surface area contributed by atoms with Gasteiger partial charge in [-0.25, -0.2) is 9.37 Å². The Kier molecular flexibility index (Phi) is 4.97. The van der Waals surface area contributed by atoms with Crippen molar-refractivity contribution in [2.45, 2.75) is 31.8 Å². The first kappa shape index (κ1) is 20.7. The van der Waals surface area contributed by atoms with Crippen LogP contribution in [0.4, 0.5) is 10.2 Å². The molecule has 2 atom stereocenters. The van der Waals surface area contributed by atoms with Crippen LogP contribution in [-0.4, -0.2) is 54.4 Å². The Balaban J connectivity index is 1.30. The van der Waals surface area contributed by atoms with E-state index < -0.39 is 5.82 Å². The van der Waals surface area contributed by atoms with Gasteiger partial charge in [0.2, 0.25) is 0 Å². The van der Waals surface area contributed by atoms with Crippen molar-refractivity contribution in [2.24, 2.45) is 11.8 Å². The van der Waals surface area contributed by atoms with Crippen LogP contribution in [0.5, 0.6) is 0 Å². The fraction of sp³-hybridized carbons (Fsp3) is 0.320. The van der Waals surface area contributed by atoms with E-state index in [0.717, 1.165) is 23.9 Å². The molecule has 8 nitrogen and oxygen atoms in total. The van der Waals surface area contributed by atoms with Gasteiger partial charge in [-0.15, -0.1) is 0 Å². The van der Waals surface area contributed by atoms with E-state index in [1.165, 1.54) is 29.3 Å². The van der Waals surface area contributed by atoms with Crippen LogP contribution in [0.2, 0.25) is 0 Å². The fourth-order valence-electron chi connectivity index (χ4n) is 5.31. The zero-order valence-corrected chi connectivity index (χ0v) is 18.7. The van der Waals surface area contributed by atoms with Crippen LogP contribution in [0.1, 0.15) is 30.1 Å². The van der Waals surface area contributed by atoms with E-state index in [1.54, 1.807) is 12.3 Å². The molecule has 172 valence electrons. The average Bonchev–Trinajstić information content (AvgIpc) is 3.36. The number of para-hydroxylation sites is 2. The predicted molar refractivity (Wildman–Crippen MR) is 125 cm³/mol. The molecule has 4 heterocycles. The molecular weight excluding hydrogens is 433 g/mol. The van der Waals surface area contributed by atoms with Crippen molar-refractivity contribution in [3.8, 4) is 5.69 Å². The quantitative estimate of drug-likeness (QED) is 0.492. The van der Waals surface area contributed by atoms with E-state index in [0.29, 0.717) is 29.9 Å². The summed E-state index contributed by atoms with van der Waals surface area (Å²) in [5.74, 6) is 0.901. The third kappa shape index (κ3) is 3.48. The number of hydrogen-bond acceptors (Lipinski definition) is 6. The van der Waals surface area contributed by atoms with Gasteiger partial charge in [0.25, 0.3) is 5.91 Å². The molecule has 1 saturated carbocycles. The van der Waals surface area contributed by atoms with E-state index in [2.05, 4.69) is 32.4 Å². The Labute approximate surface area is 195 Å². The summed E-state index contributed by atoms with van der Waals surface area (Å²) in [6, 6.07) is 12.0. The smallest absolute Gasteiger partial charge is 0.256 e. The van der Waals surface area contributed by atoms with Crippen LogP contribution in [0, 0.1) is 17.7 Å². The zero-order chi connectivity index (χ0) is 23.2. The van der Waals surface area contributed by atoms with Crippen molar-refractivity contribution in [3.05, 3.63) is 72.4 Å². The summed E-state index contributed by atoms with van der Waals surface area (Å²) >= 11 is 0. The van der Waals surface area contributed by atoms with E-state index in [4.69, 9.17) is 0 Å². The van der Waals surface area contributed by atoms with Gasteiger partial charge in [0, 0.05) is 12.6 Å². The summed E-state index contributed by atoms with van der Waals surface area (Å²) in [4.78, 5) is 26.3. The van der Waals surface area contributed by atoms with Gasteiger partial charge in [-0.1, -0.05) is 19.1 Å². The minimum absolute atomic E-state index is 0.0556. The van der Waals surface area contributed by atoms with Gasteiger partial charge in [0.1, 0.15) is 11.6 Å². The summed E-state index contributed by atoms with van der Waals surface area (Å²) in [5, 5.41) is 11.7. The van der Waals surface area contributed by atoms with E-state index in [-0.39, 0.29) is 23.6 Å². The van der Waals surface area contributed by atoms with Crippen molar-refractivity contribution < 1.29 is 9.18 Å². The van der Waals surface area contributed by atoms with Crippen LogP contribution in [0.3, 0.4) is 0 Å². The maximum atomic E-state index is 14.2. The number of carbonyl (C=O) groups excluding carboxylic acids is 1. The molecule has 2 aromatic heterocycles. The molecule has 0 radical (unpaired) electrons. The molecule has 2 saturated heterocycles. The Morgan fingerprint density at radius 1 is 1.12 bits per heavy atom. The van der Waals surface area contributed by atoms with Crippen LogP contribution in [0.25, 0.3) is 16.7 Å². The van der Waals surface area contributed by atoms with E-state index in [9.17, 15) is 9.18 Å². The van der Waals surface area contributed by atoms with Crippen molar-refractivity contribution in [1.29, 1.82) is 0 Å². The molecule has 7 rings (SSSR count). The minimum Gasteiger partial charge on any atom is -0.367 e. The van der Waals surface area contributed by atoms with Crippen LogP contribution < -0.4 is 5.32 Å². The fourth-order valence-corrected chi connectivity index (χ4v) is 5.31. The summed E-state index contributed by atoms with van der Waals surface area (Å²) in [7, 11) is 0. The molecule has 2 aromatic carbocycles. The molecule has 34 heavy (non-hydrogen) atoms. The van der Waals surface area contributed by atoms with Crippen LogP contribution in [-0.2, 0) is 0 Å². The molecule has 3 aliphatic rings. The van der Waals surface area contributed by atoms with Gasteiger partial charge >= 0.3 is 0 Å². The molecule has 1 unspecified atom stereocenters. The maximum absolute atomic E-state index is 14.2. The highest BCUT2D eigenvalue weighted by molar-refractivity contribution is 5.98. The number of nitrogens with zero attached hydrogens (tertiary/aromatic N) is 6. The normalized spacial score (nSPS) is 23.5. The third-order valence-electron chi connectivity index (χ3n) is 7.25. The van der Waals surface area contributed by atoms with Gasteiger partial charge < -0.3 is 10.2 Å². The van der Waals surface area contributed by atoms with E-state index in [1.807, 2.05) is 29.2 Å². The number of piperidine rings is 2. The summed E-state index contributed by atoms with van der Waals surface area (Å²) in [6.07, 6.45) is 6.74. The van der Waals surface area contributed by atoms with Crippen molar-refractivity contribution >= 4 is 22.8 Å². The second-order valence-corrected chi connectivity index (χ2v) is 9.13. The molecule has 1 aliphatic carbocycles. The van der Waals surface area contributed by atoms with Gasteiger partial charge in [-0.05, 0) is 55.0 Å². The molecule has 0 spiro atoms. The molecular formula is C25H24FN7O. The van der Waals surface area contributed by atoms with Gasteiger partial charge in [-0.2, -0.15) is 15.0 Å². The lowest BCUT2D eigenvalue weighted by molar-refractivity contribution is -0.0502. The zero-order valence-electron chi connectivity index (χ0n) is 18.7. The molecule has 9 heteroatoms. The molecule has 3 fully saturated rings. The number of anilines is 1. The maximum Gasteiger partial charge on any atom is 0.256 e. The lowest BCUT2D eigenvalue weighted by Crippen LogP contribution is -2.64. The first-order valence-corrected chi connectivity index (χ1v) is 11.5. The Morgan fingerprint density at radius 2 is 1.88 bits per heavy atom. The van der Waals surface area contributed by atoms with Gasteiger partial charge in [0.05, 0.1) is 46.9 Å². The largest absolute Gasteiger partial charge is 0.367 e. The number of fused-ring (bicyclic) bond motifs is 3. The highest BCUT2D eigenvalue weighted by Crippen LogP contribution is 2.47. The molecule has 4 aromatic rings. The number of aromatic nitrogens is 5. The Bertz CT molecular complexity index is 1350. The molecule has 1 N–H and O–H groups in total. The Morgan fingerprint density at radius 3 is 2.68 bits per heavy atom. The van der Waals surface area contributed by atoms with E-state index >= 15 is 0 Å². The number of rotatable bonds is 5. The third-order valence-corrected chi connectivity index (χ3v) is 7.25. The lowest BCUT2D eigenvalue weighted by Gasteiger charge is -2.57. The predicted octanol–water partition coefficient (Wildman–Crippen LogP) is 3.70. The standard InChI is InChI=1S/C25H24FN7O/c1-15-16-10-18(11-16)32(23(15)13-28-24-14-27-20-4-2-3-5-21(20)31-24)25(34)19-12-17(26)6-7-22(19)33-29-8-9-30-33/h2-9,12,14-16,18,23H,10-11,13H2,1H3,(H,28,31)/t15-,16?,18?,23?/m1/s1. The highest BCUT2D eigenvalue weighted by Gasteiger charge is 2.50. The number of nitrogens with one attached hydrogen (secondary N) is 1. The average molecular weight is 458 g/mol. The first-order valence-electron chi connectivity index (χ1n) is 11.5. The van der Waals surface area contributed by atoms with Crippen molar-refractivity contribution in [1.82, 2.24) is 29.9 Å². The van der Waals surface area contributed by atoms with Gasteiger partial charge in [0.15, 0.2) is 0 Å². The second kappa shape index (κ2) is 8.16. The van der Waals surface area contributed by atoms with Crippen molar-refractivity contribution in [2.75, 3.05) is 11.9 Å². The number of benzene rings is 2. The monoisotopic (exact) mass is 457 g/mol. The number of hydrogen-bond donors (Lipinski definition) is 1. The van der Waals surface area contributed by atoms with Crippen LogP contribution >= 0.6 is 0 Å². The molecule has 2 aliphatic heterocycles. The lowest BCUT2D eigenvalue weighted by atomic mass is 9.64. The number of carbonyl (C=O) groups is 1. The first-order chi connectivity index (χ1) is 16.6. The van der Waals surface area contributed by atoms with Crippen LogP contribution in [0.15, 0.2) is 61.1 Å². The number of halogens is 1. The summed E-state index contributed by atoms with van der Waals surface area (Å²) < 4.78 is 14.2. The summed E-state index contributed by atoms with van der Waals surface area (Å²) in [6.45, 7) is 2.73. The highest BCUT2D eigenvalue weighted by atomic mass is 19.1. The summed E-state index contributed by atoms with van der Waals surface area (Å²) in [5.41, 5.74) is 2.39. The van der Waals surface area contributed by atoms with Crippen molar-refractivity contribution in [3.63, 3.8) is 0 Å². The number of amides is 1. The topological polar surface area (TPSA) is 88.8 Å². The minimum atomic E-state index is -0.461. The molecule has 2 bridgehead atoms. The SMILES string of the molecule is C[C@@H]1C2CC(C2)N(C(=O)c2cc(F)ccc2-n2nccn2)C1CNc1cnc2ccccc2n1. The van der Waals surface area contributed by atoms with Gasteiger partial charge in [-0.3, -0.25) is 9.78 Å². The Hall–Kier alpha value is -3.88. The molecule has 1 amide bonds.